The van der Waals surface area contributed by atoms with Gasteiger partial charge in [-0.3, -0.25) is 0 Å². The third-order valence-electron chi connectivity index (χ3n) is 6.03. The van der Waals surface area contributed by atoms with Gasteiger partial charge in [-0.1, -0.05) is 33.6 Å². The lowest BCUT2D eigenvalue weighted by molar-refractivity contribution is -0.0526. The molecule has 2 fully saturated rings. The van der Waals surface area contributed by atoms with Crippen molar-refractivity contribution in [3.63, 3.8) is 0 Å². The Balaban J connectivity index is 2.21. The molecular weight excluding hydrogens is 252 g/mol. The topological polar surface area (TPSA) is 29.5 Å². The van der Waals surface area contributed by atoms with Gasteiger partial charge < -0.3 is 9.53 Å². The first-order valence-corrected chi connectivity index (χ1v) is 10.9. The van der Waals surface area contributed by atoms with E-state index in [1.807, 2.05) is 0 Å². The van der Waals surface area contributed by atoms with Gasteiger partial charge in [-0.15, -0.1) is 0 Å². The van der Waals surface area contributed by atoms with Crippen LogP contribution in [0.4, 0.5) is 0 Å². The van der Waals surface area contributed by atoms with Crippen LogP contribution in [0.15, 0.2) is 0 Å². The molecular formula is C16H32O2Si. The van der Waals surface area contributed by atoms with Crippen LogP contribution in [0.5, 0.6) is 0 Å². The molecule has 1 N–H and O–H groups in total. The van der Waals surface area contributed by atoms with Gasteiger partial charge in [0.25, 0.3) is 0 Å². The van der Waals surface area contributed by atoms with Crippen molar-refractivity contribution in [3.8, 4) is 0 Å². The van der Waals surface area contributed by atoms with Crippen molar-refractivity contribution in [2.45, 2.75) is 83.0 Å². The Morgan fingerprint density at radius 2 is 1.74 bits per heavy atom. The first-order chi connectivity index (χ1) is 8.72. The Morgan fingerprint density at radius 1 is 1.16 bits per heavy atom. The molecule has 0 aromatic rings. The lowest BCUT2D eigenvalue weighted by Crippen LogP contribution is -2.54. The number of hydrogen-bond acceptors (Lipinski definition) is 2. The molecule has 0 aliphatic heterocycles. The third kappa shape index (κ3) is 2.79. The van der Waals surface area contributed by atoms with Crippen LogP contribution in [-0.2, 0) is 4.43 Å². The predicted molar refractivity (Wildman–Crippen MR) is 82.8 cm³/mol. The Bertz CT molecular complexity index is 321. The zero-order valence-corrected chi connectivity index (χ0v) is 14.5. The van der Waals surface area contributed by atoms with Crippen LogP contribution in [-0.4, -0.2) is 25.6 Å². The van der Waals surface area contributed by atoms with Crippen molar-refractivity contribution in [2.24, 2.45) is 11.8 Å². The van der Waals surface area contributed by atoms with E-state index in [4.69, 9.17) is 4.43 Å². The van der Waals surface area contributed by atoms with E-state index in [0.29, 0.717) is 18.4 Å². The number of hydrogen-bond donors (Lipinski definition) is 1. The van der Waals surface area contributed by atoms with Crippen LogP contribution in [0.2, 0.25) is 18.1 Å². The Labute approximate surface area is 120 Å². The van der Waals surface area contributed by atoms with Gasteiger partial charge in [0.05, 0.1) is 5.60 Å². The molecule has 19 heavy (non-hydrogen) atoms. The van der Waals surface area contributed by atoms with Gasteiger partial charge in [-0.2, -0.15) is 0 Å². The van der Waals surface area contributed by atoms with Crippen molar-refractivity contribution < 1.29 is 9.53 Å². The van der Waals surface area contributed by atoms with Crippen LogP contribution in [0, 0.1) is 11.8 Å². The molecule has 0 heterocycles. The fourth-order valence-corrected chi connectivity index (χ4v) is 5.65. The average molecular weight is 285 g/mol. The van der Waals surface area contributed by atoms with Gasteiger partial charge in [-0.25, -0.2) is 0 Å². The minimum atomic E-state index is -1.71. The second-order valence-electron chi connectivity index (χ2n) is 8.26. The van der Waals surface area contributed by atoms with E-state index in [1.54, 1.807) is 0 Å². The van der Waals surface area contributed by atoms with Crippen LogP contribution in [0.3, 0.4) is 0 Å². The molecule has 0 aromatic heterocycles. The van der Waals surface area contributed by atoms with Crippen LogP contribution < -0.4 is 0 Å². The second kappa shape index (κ2) is 5.16. The van der Waals surface area contributed by atoms with E-state index in [0.717, 1.165) is 0 Å². The van der Waals surface area contributed by atoms with Crippen LogP contribution in [0.25, 0.3) is 0 Å². The minimum absolute atomic E-state index is 0.106. The van der Waals surface area contributed by atoms with Gasteiger partial charge in [-0.05, 0) is 55.7 Å². The lowest BCUT2D eigenvalue weighted by atomic mass is 9.71. The van der Waals surface area contributed by atoms with Crippen LogP contribution >= 0.6 is 0 Å². The first kappa shape index (κ1) is 15.5. The highest BCUT2D eigenvalue weighted by molar-refractivity contribution is 6.74. The summed E-state index contributed by atoms with van der Waals surface area (Å²) in [6.45, 7) is 12.1. The van der Waals surface area contributed by atoms with Crippen molar-refractivity contribution in [3.05, 3.63) is 0 Å². The maximum Gasteiger partial charge on any atom is 0.192 e. The SMILES string of the molecule is CC(C)(C)[Si](C)(C)O[C@@]12CCCC(CO)[C@@H]1CCC2. The fourth-order valence-electron chi connectivity index (χ4n) is 3.97. The first-order valence-electron chi connectivity index (χ1n) is 8.03. The fraction of sp³-hybridized carbons (Fsp3) is 1.00. The lowest BCUT2D eigenvalue weighted by Gasteiger charge is -2.50. The van der Waals surface area contributed by atoms with Gasteiger partial charge in [0, 0.05) is 6.61 Å². The minimum Gasteiger partial charge on any atom is -0.411 e. The number of rotatable bonds is 3. The van der Waals surface area contributed by atoms with Gasteiger partial charge in [0.2, 0.25) is 0 Å². The summed E-state index contributed by atoms with van der Waals surface area (Å²) in [6, 6.07) is 0. The highest BCUT2D eigenvalue weighted by atomic mass is 28.4. The molecule has 0 radical (unpaired) electrons. The van der Waals surface area contributed by atoms with Crippen molar-refractivity contribution >= 4 is 8.32 Å². The molecule has 112 valence electrons. The Morgan fingerprint density at radius 3 is 2.26 bits per heavy atom. The summed E-state index contributed by atoms with van der Waals surface area (Å²) in [4.78, 5) is 0. The van der Waals surface area contributed by atoms with Gasteiger partial charge in [0.15, 0.2) is 8.32 Å². The average Bonchev–Trinajstić information content (AvgIpc) is 2.69. The predicted octanol–water partition coefficient (Wildman–Crippen LogP) is 4.34. The molecule has 0 bridgehead atoms. The number of fused-ring (bicyclic) bond motifs is 1. The van der Waals surface area contributed by atoms with E-state index in [9.17, 15) is 5.11 Å². The molecule has 2 aliphatic rings. The normalized spacial score (nSPS) is 36.3. The third-order valence-corrected chi connectivity index (χ3v) is 10.6. The zero-order valence-electron chi connectivity index (χ0n) is 13.5. The summed E-state index contributed by atoms with van der Waals surface area (Å²) >= 11 is 0. The summed E-state index contributed by atoms with van der Waals surface area (Å²) in [7, 11) is -1.71. The highest BCUT2D eigenvalue weighted by Gasteiger charge is 2.53. The molecule has 1 unspecified atom stereocenters. The maximum atomic E-state index is 9.67. The summed E-state index contributed by atoms with van der Waals surface area (Å²) < 4.78 is 6.91. The molecule has 2 rings (SSSR count). The van der Waals surface area contributed by atoms with E-state index < -0.39 is 8.32 Å². The summed E-state index contributed by atoms with van der Waals surface area (Å²) in [6.07, 6.45) is 7.43. The molecule has 2 nitrogen and oxygen atoms in total. The quantitative estimate of drug-likeness (QED) is 0.781. The van der Waals surface area contributed by atoms with Gasteiger partial charge >= 0.3 is 0 Å². The molecule has 3 heteroatoms. The molecule has 3 atom stereocenters. The second-order valence-corrected chi connectivity index (χ2v) is 13.0. The van der Waals surface area contributed by atoms with Crippen molar-refractivity contribution in [2.75, 3.05) is 6.61 Å². The Hall–Kier alpha value is 0.137. The van der Waals surface area contributed by atoms with Crippen molar-refractivity contribution in [1.29, 1.82) is 0 Å². The maximum absolute atomic E-state index is 9.67. The summed E-state index contributed by atoms with van der Waals surface area (Å²) in [5.74, 6) is 1.10. The van der Waals surface area contributed by atoms with Crippen molar-refractivity contribution in [1.82, 2.24) is 0 Å². The van der Waals surface area contributed by atoms with E-state index in [-0.39, 0.29) is 10.6 Å². The monoisotopic (exact) mass is 284 g/mol. The van der Waals surface area contributed by atoms with Gasteiger partial charge in [0.1, 0.15) is 0 Å². The zero-order chi connectivity index (χ0) is 14.3. The molecule has 0 aromatic carbocycles. The molecule has 0 spiro atoms. The standard InChI is InChI=1S/C16H32O2Si/c1-15(2,3)19(4,5)18-16-10-6-8-13(12-17)14(16)9-7-11-16/h13-14,17H,6-12H2,1-5H3/t13?,14-,16+/m0/s1. The summed E-state index contributed by atoms with van der Waals surface area (Å²) in [5.41, 5.74) is 0.106. The summed E-state index contributed by atoms with van der Waals surface area (Å²) in [5, 5.41) is 9.95. The van der Waals surface area contributed by atoms with E-state index in [2.05, 4.69) is 33.9 Å². The molecule has 2 saturated carbocycles. The largest absolute Gasteiger partial charge is 0.411 e. The number of aliphatic hydroxyl groups excluding tert-OH is 1. The van der Waals surface area contributed by atoms with Crippen LogP contribution in [0.1, 0.15) is 59.3 Å². The molecule has 2 aliphatic carbocycles. The van der Waals surface area contributed by atoms with E-state index >= 15 is 0 Å². The molecule has 0 amide bonds. The number of aliphatic hydroxyl groups is 1. The van der Waals surface area contributed by atoms with E-state index in [1.165, 1.54) is 38.5 Å². The smallest absolute Gasteiger partial charge is 0.192 e. The Kier molecular flexibility index (Phi) is 4.21. The molecule has 0 saturated heterocycles. The highest BCUT2D eigenvalue weighted by Crippen LogP contribution is 2.53.